The van der Waals surface area contributed by atoms with Crippen molar-refractivity contribution in [3.8, 4) is 11.4 Å². The molecule has 0 aliphatic carbocycles. The number of thioether (sulfide) groups is 1. The Labute approximate surface area is 172 Å². The van der Waals surface area contributed by atoms with Crippen LogP contribution in [0.1, 0.15) is 23.7 Å². The molecule has 0 spiro atoms. The van der Waals surface area contributed by atoms with Gasteiger partial charge in [-0.3, -0.25) is 9.78 Å². The fourth-order valence-electron chi connectivity index (χ4n) is 2.67. The van der Waals surface area contributed by atoms with Crippen molar-refractivity contribution in [2.75, 3.05) is 18.2 Å². The monoisotopic (exact) mass is 411 g/mol. The molecule has 9 heteroatoms. The predicted molar refractivity (Wildman–Crippen MR) is 111 cm³/mol. The summed E-state index contributed by atoms with van der Waals surface area (Å²) in [7, 11) is 1.33. The number of hydrogen-bond acceptors (Lipinski definition) is 7. The Balaban J connectivity index is 1.64. The van der Waals surface area contributed by atoms with E-state index in [-0.39, 0.29) is 11.7 Å². The molecule has 3 rings (SSSR count). The van der Waals surface area contributed by atoms with E-state index >= 15 is 0 Å². The lowest BCUT2D eigenvalue weighted by atomic mass is 10.2. The first-order valence-electron chi connectivity index (χ1n) is 9.07. The number of esters is 1. The number of methoxy groups -OCH3 is 1. The van der Waals surface area contributed by atoms with Crippen LogP contribution in [0.4, 0.5) is 5.69 Å². The zero-order valence-electron chi connectivity index (χ0n) is 16.2. The number of hydrogen-bond donors (Lipinski definition) is 1. The third-order valence-corrected chi connectivity index (χ3v) is 4.99. The minimum Gasteiger partial charge on any atom is -0.465 e. The normalized spacial score (nSPS) is 10.6. The molecule has 0 saturated heterocycles. The molecule has 29 heavy (non-hydrogen) atoms. The number of nitrogens with one attached hydrogen (secondary N) is 1. The van der Waals surface area contributed by atoms with Gasteiger partial charge < -0.3 is 14.6 Å². The lowest BCUT2D eigenvalue weighted by molar-refractivity contribution is -0.113. The van der Waals surface area contributed by atoms with Gasteiger partial charge in [0.25, 0.3) is 0 Å². The zero-order valence-corrected chi connectivity index (χ0v) is 17.0. The Morgan fingerprint density at radius 3 is 2.48 bits per heavy atom. The summed E-state index contributed by atoms with van der Waals surface area (Å²) in [6.45, 7) is 2.83. The van der Waals surface area contributed by atoms with Crippen LogP contribution in [0.15, 0.2) is 53.9 Å². The van der Waals surface area contributed by atoms with E-state index < -0.39 is 5.97 Å². The molecule has 1 amide bonds. The van der Waals surface area contributed by atoms with Gasteiger partial charge in [0.1, 0.15) is 0 Å². The lowest BCUT2D eigenvalue weighted by Crippen LogP contribution is -2.15. The quantitative estimate of drug-likeness (QED) is 0.449. The fraction of sp³-hybridized carbons (Fsp3) is 0.250. The highest BCUT2D eigenvalue weighted by Gasteiger charge is 2.15. The van der Waals surface area contributed by atoms with Gasteiger partial charge in [-0.15, -0.1) is 10.2 Å². The van der Waals surface area contributed by atoms with Gasteiger partial charge in [0.05, 0.1) is 18.4 Å². The SMILES string of the molecule is CCCn1c(SCC(=O)Nc2ccc(C(=O)OC)cc2)nnc1-c1ccncc1. The number of benzene rings is 1. The largest absolute Gasteiger partial charge is 0.465 e. The van der Waals surface area contributed by atoms with Crippen LogP contribution >= 0.6 is 11.8 Å². The second-order valence-corrected chi connectivity index (χ2v) is 7.04. The van der Waals surface area contributed by atoms with E-state index in [2.05, 4.69) is 32.2 Å². The summed E-state index contributed by atoms with van der Waals surface area (Å²) in [6, 6.07) is 10.3. The third kappa shape index (κ3) is 5.20. The summed E-state index contributed by atoms with van der Waals surface area (Å²) in [6.07, 6.45) is 4.35. The molecule has 1 N–H and O–H groups in total. The van der Waals surface area contributed by atoms with E-state index in [0.717, 1.165) is 24.4 Å². The Hall–Kier alpha value is -3.20. The second-order valence-electron chi connectivity index (χ2n) is 6.10. The maximum Gasteiger partial charge on any atom is 0.337 e. The Morgan fingerprint density at radius 2 is 1.83 bits per heavy atom. The maximum atomic E-state index is 12.3. The number of rotatable bonds is 8. The summed E-state index contributed by atoms with van der Waals surface area (Å²) in [5.41, 5.74) is 1.97. The lowest BCUT2D eigenvalue weighted by Gasteiger charge is -2.09. The van der Waals surface area contributed by atoms with Crippen LogP contribution in [0.2, 0.25) is 0 Å². The molecule has 8 nitrogen and oxygen atoms in total. The van der Waals surface area contributed by atoms with Crippen LogP contribution in [-0.2, 0) is 16.1 Å². The minimum absolute atomic E-state index is 0.169. The number of aromatic nitrogens is 4. The Morgan fingerprint density at radius 1 is 1.10 bits per heavy atom. The molecule has 2 heterocycles. The maximum absolute atomic E-state index is 12.3. The van der Waals surface area contributed by atoms with E-state index in [9.17, 15) is 9.59 Å². The molecule has 2 aromatic heterocycles. The van der Waals surface area contributed by atoms with Crippen molar-refractivity contribution >= 4 is 29.3 Å². The molecule has 0 unspecified atom stereocenters. The van der Waals surface area contributed by atoms with E-state index in [1.54, 1.807) is 36.7 Å². The molecule has 0 bridgehead atoms. The van der Waals surface area contributed by atoms with Crippen LogP contribution in [-0.4, -0.2) is 44.5 Å². The molecule has 150 valence electrons. The molecule has 0 radical (unpaired) electrons. The van der Waals surface area contributed by atoms with Gasteiger partial charge in [-0.2, -0.15) is 0 Å². The van der Waals surface area contributed by atoms with Crippen LogP contribution in [0, 0.1) is 0 Å². The molecule has 0 aliphatic rings. The summed E-state index contributed by atoms with van der Waals surface area (Å²) in [4.78, 5) is 27.8. The molecular weight excluding hydrogens is 390 g/mol. The van der Waals surface area contributed by atoms with Gasteiger partial charge >= 0.3 is 5.97 Å². The number of anilines is 1. The van der Waals surface area contributed by atoms with Crippen molar-refractivity contribution in [1.82, 2.24) is 19.7 Å². The number of carbonyl (C=O) groups is 2. The molecule has 0 atom stereocenters. The molecule has 1 aromatic carbocycles. The van der Waals surface area contributed by atoms with E-state index in [4.69, 9.17) is 0 Å². The summed E-state index contributed by atoms with van der Waals surface area (Å²) < 4.78 is 6.67. The highest BCUT2D eigenvalue weighted by Crippen LogP contribution is 2.24. The Bertz CT molecular complexity index is 974. The van der Waals surface area contributed by atoms with Gasteiger partial charge in [0.15, 0.2) is 11.0 Å². The number of amides is 1. The average molecular weight is 411 g/mol. The molecule has 0 saturated carbocycles. The van der Waals surface area contributed by atoms with Gasteiger partial charge in [-0.05, 0) is 42.8 Å². The first-order chi connectivity index (χ1) is 14.1. The number of pyridine rings is 1. The van der Waals surface area contributed by atoms with E-state index in [1.807, 2.05) is 16.7 Å². The highest BCUT2D eigenvalue weighted by molar-refractivity contribution is 7.99. The first-order valence-corrected chi connectivity index (χ1v) is 10.1. The van der Waals surface area contributed by atoms with Gasteiger partial charge in [-0.25, -0.2) is 4.79 Å². The van der Waals surface area contributed by atoms with Crippen molar-refractivity contribution in [1.29, 1.82) is 0 Å². The van der Waals surface area contributed by atoms with Crippen LogP contribution in [0.25, 0.3) is 11.4 Å². The summed E-state index contributed by atoms with van der Waals surface area (Å²) >= 11 is 1.33. The number of carbonyl (C=O) groups excluding carboxylic acids is 2. The number of ether oxygens (including phenoxy) is 1. The predicted octanol–water partition coefficient (Wildman–Crippen LogP) is 3.27. The topological polar surface area (TPSA) is 99.0 Å². The van der Waals surface area contributed by atoms with Gasteiger partial charge in [0, 0.05) is 30.2 Å². The van der Waals surface area contributed by atoms with Crippen molar-refractivity contribution in [2.45, 2.75) is 25.0 Å². The zero-order chi connectivity index (χ0) is 20.6. The molecule has 0 aliphatic heterocycles. The highest BCUT2D eigenvalue weighted by atomic mass is 32.2. The number of nitrogens with zero attached hydrogens (tertiary/aromatic N) is 4. The molecule has 0 fully saturated rings. The van der Waals surface area contributed by atoms with Crippen molar-refractivity contribution in [3.63, 3.8) is 0 Å². The van der Waals surface area contributed by atoms with Crippen LogP contribution < -0.4 is 5.32 Å². The van der Waals surface area contributed by atoms with Gasteiger partial charge in [0.2, 0.25) is 5.91 Å². The van der Waals surface area contributed by atoms with Crippen LogP contribution in [0.5, 0.6) is 0 Å². The van der Waals surface area contributed by atoms with Crippen molar-refractivity contribution < 1.29 is 14.3 Å². The van der Waals surface area contributed by atoms with Gasteiger partial charge in [-0.1, -0.05) is 18.7 Å². The third-order valence-electron chi connectivity index (χ3n) is 4.02. The smallest absolute Gasteiger partial charge is 0.337 e. The Kier molecular flexibility index (Phi) is 6.96. The van der Waals surface area contributed by atoms with Crippen LogP contribution in [0.3, 0.4) is 0 Å². The minimum atomic E-state index is -0.418. The van der Waals surface area contributed by atoms with Crippen molar-refractivity contribution in [3.05, 3.63) is 54.4 Å². The second kappa shape index (κ2) is 9.83. The first kappa shape index (κ1) is 20.5. The standard InChI is InChI=1S/C20H21N5O3S/c1-3-12-25-18(14-8-10-21-11-9-14)23-24-20(25)29-13-17(26)22-16-6-4-15(5-7-16)19(27)28-2/h4-11H,3,12-13H2,1-2H3,(H,22,26). The summed E-state index contributed by atoms with van der Waals surface area (Å²) in [5.74, 6) is 0.364. The average Bonchev–Trinajstić information content (AvgIpc) is 3.16. The fourth-order valence-corrected chi connectivity index (χ4v) is 3.43. The summed E-state index contributed by atoms with van der Waals surface area (Å²) in [5, 5.41) is 12.0. The molecular formula is C20H21N5O3S. The van der Waals surface area contributed by atoms with E-state index in [0.29, 0.717) is 16.4 Å². The van der Waals surface area contributed by atoms with Crippen molar-refractivity contribution in [2.24, 2.45) is 0 Å². The molecule has 3 aromatic rings. The van der Waals surface area contributed by atoms with E-state index in [1.165, 1.54) is 18.9 Å².